The van der Waals surface area contributed by atoms with E-state index >= 15 is 0 Å². The Bertz CT molecular complexity index is 226. The molecule has 3 heteroatoms. The van der Waals surface area contributed by atoms with Crippen LogP contribution in [0.3, 0.4) is 0 Å². The van der Waals surface area contributed by atoms with Crippen molar-refractivity contribution in [2.24, 2.45) is 5.41 Å². The van der Waals surface area contributed by atoms with Gasteiger partial charge in [-0.25, -0.2) is 0 Å². The van der Waals surface area contributed by atoms with E-state index in [1.807, 2.05) is 4.90 Å². The topological polar surface area (TPSA) is 20.3 Å². The minimum atomic E-state index is 0.251. The first kappa shape index (κ1) is 12.9. The third kappa shape index (κ3) is 3.13. The second-order valence-electron chi connectivity index (χ2n) is 4.77. The Hall–Kier alpha value is -0.180. The van der Waals surface area contributed by atoms with E-state index in [1.54, 1.807) is 0 Å². The van der Waals surface area contributed by atoms with Gasteiger partial charge in [-0.15, -0.1) is 0 Å². The molecule has 1 fully saturated rings. The van der Waals surface area contributed by atoms with Crippen LogP contribution in [-0.2, 0) is 4.79 Å². The number of hydrogen-bond donors (Lipinski definition) is 1. The molecule has 1 unspecified atom stereocenters. The van der Waals surface area contributed by atoms with E-state index in [4.69, 9.17) is 0 Å². The van der Waals surface area contributed by atoms with Crippen LogP contribution >= 0.6 is 12.6 Å². The van der Waals surface area contributed by atoms with Gasteiger partial charge in [-0.1, -0.05) is 6.92 Å². The van der Waals surface area contributed by atoms with Gasteiger partial charge in [-0.3, -0.25) is 4.79 Å². The van der Waals surface area contributed by atoms with Gasteiger partial charge < -0.3 is 4.90 Å². The van der Waals surface area contributed by atoms with Gasteiger partial charge in [0.1, 0.15) is 0 Å². The van der Waals surface area contributed by atoms with Crippen LogP contribution in [0.1, 0.15) is 46.5 Å². The fourth-order valence-electron chi connectivity index (χ4n) is 1.94. The molecule has 1 aliphatic carbocycles. The van der Waals surface area contributed by atoms with Gasteiger partial charge in [-0.2, -0.15) is 12.6 Å². The molecule has 0 aromatic heterocycles. The van der Waals surface area contributed by atoms with Crippen molar-refractivity contribution < 1.29 is 4.79 Å². The predicted octanol–water partition coefficient (Wildman–Crippen LogP) is 2.73. The van der Waals surface area contributed by atoms with Gasteiger partial charge in [0.2, 0.25) is 5.91 Å². The predicted molar refractivity (Wildman–Crippen MR) is 67.3 cm³/mol. The number of amides is 1. The summed E-state index contributed by atoms with van der Waals surface area (Å²) >= 11 is 4.34. The van der Waals surface area contributed by atoms with Crippen molar-refractivity contribution in [2.75, 3.05) is 12.3 Å². The smallest absolute Gasteiger partial charge is 0.223 e. The lowest BCUT2D eigenvalue weighted by Crippen LogP contribution is -2.39. The van der Waals surface area contributed by atoms with E-state index in [-0.39, 0.29) is 5.41 Å². The van der Waals surface area contributed by atoms with E-state index in [0.717, 1.165) is 18.7 Å². The molecule has 1 aliphatic rings. The third-order valence-electron chi connectivity index (χ3n) is 3.60. The van der Waals surface area contributed by atoms with Crippen LogP contribution < -0.4 is 0 Å². The maximum absolute atomic E-state index is 12.1. The maximum Gasteiger partial charge on any atom is 0.223 e. The summed E-state index contributed by atoms with van der Waals surface area (Å²) in [5, 5.41) is 0. The minimum absolute atomic E-state index is 0.251. The summed E-state index contributed by atoms with van der Waals surface area (Å²) in [4.78, 5) is 14.1. The quantitative estimate of drug-likeness (QED) is 0.694. The summed E-state index contributed by atoms with van der Waals surface area (Å²) < 4.78 is 0. The van der Waals surface area contributed by atoms with Crippen molar-refractivity contribution in [3.63, 3.8) is 0 Å². The fraction of sp³-hybridized carbons (Fsp3) is 0.917. The number of rotatable bonds is 6. The average Bonchev–Trinajstić information content (AvgIpc) is 2.99. The van der Waals surface area contributed by atoms with Crippen LogP contribution in [0.25, 0.3) is 0 Å². The fourth-order valence-corrected chi connectivity index (χ4v) is 2.37. The Morgan fingerprint density at radius 2 is 2.07 bits per heavy atom. The third-order valence-corrected chi connectivity index (χ3v) is 4.27. The molecule has 0 saturated heterocycles. The van der Waals surface area contributed by atoms with Crippen molar-refractivity contribution >= 4 is 18.5 Å². The monoisotopic (exact) mass is 229 g/mol. The van der Waals surface area contributed by atoms with Gasteiger partial charge in [0.25, 0.3) is 0 Å². The van der Waals surface area contributed by atoms with E-state index in [9.17, 15) is 4.79 Å². The zero-order chi connectivity index (χ0) is 11.5. The van der Waals surface area contributed by atoms with Crippen LogP contribution in [-0.4, -0.2) is 29.1 Å². The second-order valence-corrected chi connectivity index (χ2v) is 5.09. The van der Waals surface area contributed by atoms with Crippen molar-refractivity contribution in [1.82, 2.24) is 4.90 Å². The highest BCUT2D eigenvalue weighted by molar-refractivity contribution is 7.80. The van der Waals surface area contributed by atoms with Crippen LogP contribution in [0.2, 0.25) is 0 Å². The molecule has 0 aromatic rings. The summed E-state index contributed by atoms with van der Waals surface area (Å²) in [5.74, 6) is 1.18. The lowest BCUT2D eigenvalue weighted by atomic mass is 10.0. The molecule has 1 atom stereocenters. The molecule has 0 spiro atoms. The molecule has 0 aromatic carbocycles. The van der Waals surface area contributed by atoms with Crippen LogP contribution in [0.5, 0.6) is 0 Å². The van der Waals surface area contributed by atoms with E-state index < -0.39 is 0 Å². The first-order valence-corrected chi connectivity index (χ1v) is 6.62. The molecule has 2 nitrogen and oxygen atoms in total. The molecule has 0 heterocycles. The number of thiol groups is 1. The Morgan fingerprint density at radius 3 is 2.40 bits per heavy atom. The standard InChI is InChI=1S/C12H23NOS/c1-4-10(3)13(5-2)11(14)8-12(9-15)6-7-12/h10,15H,4-9H2,1-3H3. The van der Waals surface area contributed by atoms with Crippen molar-refractivity contribution in [2.45, 2.75) is 52.5 Å². The van der Waals surface area contributed by atoms with Crippen LogP contribution in [0.4, 0.5) is 0 Å². The van der Waals surface area contributed by atoms with E-state index in [1.165, 1.54) is 12.8 Å². The van der Waals surface area contributed by atoms with Crippen molar-refractivity contribution in [3.05, 3.63) is 0 Å². The number of nitrogens with zero attached hydrogens (tertiary/aromatic N) is 1. The van der Waals surface area contributed by atoms with Crippen molar-refractivity contribution in [1.29, 1.82) is 0 Å². The lowest BCUT2D eigenvalue weighted by Gasteiger charge is -2.28. The highest BCUT2D eigenvalue weighted by atomic mass is 32.1. The molecule has 1 rings (SSSR count). The minimum Gasteiger partial charge on any atom is -0.340 e. The molecule has 15 heavy (non-hydrogen) atoms. The van der Waals surface area contributed by atoms with Gasteiger partial charge in [0.05, 0.1) is 0 Å². The Morgan fingerprint density at radius 1 is 1.47 bits per heavy atom. The molecular weight excluding hydrogens is 206 g/mol. The SMILES string of the molecule is CCC(C)N(CC)C(=O)CC1(CS)CC1. The van der Waals surface area contributed by atoms with Crippen molar-refractivity contribution in [3.8, 4) is 0 Å². The molecular formula is C12H23NOS. The summed E-state index contributed by atoms with van der Waals surface area (Å²) in [7, 11) is 0. The highest BCUT2D eigenvalue weighted by Gasteiger charge is 2.43. The Labute approximate surface area is 98.8 Å². The first-order valence-electron chi connectivity index (χ1n) is 5.99. The summed E-state index contributed by atoms with van der Waals surface area (Å²) in [6.45, 7) is 7.15. The average molecular weight is 229 g/mol. The summed E-state index contributed by atoms with van der Waals surface area (Å²) in [6, 6.07) is 0.373. The van der Waals surface area contributed by atoms with Gasteiger partial charge >= 0.3 is 0 Å². The summed E-state index contributed by atoms with van der Waals surface area (Å²) in [5.41, 5.74) is 0.251. The van der Waals surface area contributed by atoms with Gasteiger partial charge in [0, 0.05) is 19.0 Å². The molecule has 88 valence electrons. The zero-order valence-corrected chi connectivity index (χ0v) is 11.0. The first-order chi connectivity index (χ1) is 7.08. The van der Waals surface area contributed by atoms with E-state index in [2.05, 4.69) is 33.4 Å². The lowest BCUT2D eigenvalue weighted by molar-refractivity contribution is -0.134. The largest absolute Gasteiger partial charge is 0.340 e. The molecule has 0 radical (unpaired) electrons. The van der Waals surface area contributed by atoms with Crippen LogP contribution in [0.15, 0.2) is 0 Å². The number of hydrogen-bond acceptors (Lipinski definition) is 2. The number of carbonyl (C=O) groups excluding carboxylic acids is 1. The summed E-state index contributed by atoms with van der Waals surface area (Å²) in [6.07, 6.45) is 4.10. The Kier molecular flexibility index (Phi) is 4.50. The van der Waals surface area contributed by atoms with Gasteiger partial charge in [0.15, 0.2) is 0 Å². The second kappa shape index (κ2) is 5.24. The Balaban J connectivity index is 2.50. The van der Waals surface area contributed by atoms with Crippen LogP contribution in [0, 0.1) is 5.41 Å². The molecule has 0 N–H and O–H groups in total. The number of carbonyl (C=O) groups is 1. The highest BCUT2D eigenvalue weighted by Crippen LogP contribution is 2.49. The molecule has 0 aliphatic heterocycles. The van der Waals surface area contributed by atoms with E-state index in [0.29, 0.717) is 18.4 Å². The molecule has 0 bridgehead atoms. The van der Waals surface area contributed by atoms with Gasteiger partial charge in [-0.05, 0) is 44.3 Å². The molecule has 1 amide bonds. The zero-order valence-electron chi connectivity index (χ0n) is 10.1. The molecule has 1 saturated carbocycles. The maximum atomic E-state index is 12.1. The normalized spacial score (nSPS) is 19.7.